The van der Waals surface area contributed by atoms with E-state index in [9.17, 15) is 4.39 Å². The van der Waals surface area contributed by atoms with Gasteiger partial charge in [-0.25, -0.2) is 4.39 Å². The molecule has 2 N–H and O–H groups in total. The van der Waals surface area contributed by atoms with Crippen molar-refractivity contribution in [3.8, 4) is 11.5 Å². The molecule has 152 valence electrons. The lowest BCUT2D eigenvalue weighted by Crippen LogP contribution is -2.37. The zero-order chi connectivity index (χ0) is 20.2. The van der Waals surface area contributed by atoms with Crippen molar-refractivity contribution in [1.29, 1.82) is 0 Å². The minimum Gasteiger partial charge on any atom is -0.453 e. The highest BCUT2D eigenvalue weighted by atomic mass is 19.1. The van der Waals surface area contributed by atoms with Gasteiger partial charge in [0.25, 0.3) is 0 Å². The molecule has 1 aromatic carbocycles. The first-order valence-electron chi connectivity index (χ1n) is 9.47. The predicted octanol–water partition coefficient (Wildman–Crippen LogP) is 3.74. The van der Waals surface area contributed by atoms with E-state index in [1.807, 2.05) is 6.07 Å². The quantitative estimate of drug-likeness (QED) is 0.369. The molecule has 0 atom stereocenters. The van der Waals surface area contributed by atoms with Crippen LogP contribution in [0.5, 0.6) is 11.5 Å². The van der Waals surface area contributed by atoms with E-state index in [0.29, 0.717) is 30.8 Å². The molecule has 2 rings (SSSR count). The fourth-order valence-corrected chi connectivity index (χ4v) is 2.38. The van der Waals surface area contributed by atoms with Crippen LogP contribution in [0.1, 0.15) is 25.8 Å². The number of halogens is 1. The molecule has 0 saturated heterocycles. The smallest absolute Gasteiger partial charge is 0.191 e. The van der Waals surface area contributed by atoms with Crippen LogP contribution in [-0.2, 0) is 11.3 Å². The Labute approximate surface area is 166 Å². The van der Waals surface area contributed by atoms with Gasteiger partial charge >= 0.3 is 0 Å². The van der Waals surface area contributed by atoms with E-state index >= 15 is 0 Å². The van der Waals surface area contributed by atoms with Crippen LogP contribution in [0.15, 0.2) is 47.7 Å². The zero-order valence-electron chi connectivity index (χ0n) is 16.7. The second-order valence-corrected chi connectivity index (χ2v) is 6.73. The SMILES string of the molecule is CN=C(NCCCOCC(C)C)NCc1ccc(Oc2cccnc2)c(F)c1. The van der Waals surface area contributed by atoms with E-state index in [1.165, 1.54) is 6.07 Å². The van der Waals surface area contributed by atoms with Gasteiger partial charge in [-0.15, -0.1) is 0 Å². The average molecular weight is 388 g/mol. The van der Waals surface area contributed by atoms with Crippen LogP contribution in [0, 0.1) is 11.7 Å². The Hall–Kier alpha value is -2.67. The molecule has 0 unspecified atom stereocenters. The Morgan fingerprint density at radius 2 is 2.11 bits per heavy atom. The van der Waals surface area contributed by atoms with Crippen LogP contribution in [0.3, 0.4) is 0 Å². The Morgan fingerprint density at radius 3 is 2.79 bits per heavy atom. The van der Waals surface area contributed by atoms with Gasteiger partial charge in [0, 0.05) is 39.5 Å². The molecule has 0 radical (unpaired) electrons. The van der Waals surface area contributed by atoms with E-state index in [1.54, 1.807) is 37.6 Å². The Morgan fingerprint density at radius 1 is 1.25 bits per heavy atom. The first kappa shape index (κ1) is 21.6. The van der Waals surface area contributed by atoms with Gasteiger partial charge in [0.2, 0.25) is 0 Å². The standard InChI is InChI=1S/C21H29FN4O2/c1-16(2)15-27-11-5-10-25-21(23-3)26-13-17-7-8-20(19(22)12-17)28-18-6-4-9-24-14-18/h4,6-9,12,14,16H,5,10-11,13,15H2,1-3H3,(H2,23,25,26). The maximum absolute atomic E-state index is 14.3. The summed E-state index contributed by atoms with van der Waals surface area (Å²) in [4.78, 5) is 8.12. The van der Waals surface area contributed by atoms with E-state index in [2.05, 4.69) is 34.5 Å². The summed E-state index contributed by atoms with van der Waals surface area (Å²) in [5.41, 5.74) is 0.791. The minimum atomic E-state index is -0.423. The fourth-order valence-electron chi connectivity index (χ4n) is 2.38. The summed E-state index contributed by atoms with van der Waals surface area (Å²) in [6.07, 6.45) is 4.07. The predicted molar refractivity (Wildman–Crippen MR) is 109 cm³/mol. The second-order valence-electron chi connectivity index (χ2n) is 6.73. The number of aromatic nitrogens is 1. The number of ether oxygens (including phenoxy) is 2. The molecule has 0 spiro atoms. The third kappa shape index (κ3) is 7.92. The van der Waals surface area contributed by atoms with E-state index in [-0.39, 0.29) is 5.75 Å². The van der Waals surface area contributed by atoms with Crippen molar-refractivity contribution >= 4 is 5.96 Å². The lowest BCUT2D eigenvalue weighted by atomic mass is 10.2. The average Bonchev–Trinajstić information content (AvgIpc) is 2.69. The maximum atomic E-state index is 14.3. The van der Waals surface area contributed by atoms with Gasteiger partial charge < -0.3 is 20.1 Å². The molecule has 7 heteroatoms. The van der Waals surface area contributed by atoms with Crippen molar-refractivity contribution in [3.05, 3.63) is 54.1 Å². The monoisotopic (exact) mass is 388 g/mol. The van der Waals surface area contributed by atoms with Crippen molar-refractivity contribution in [2.75, 3.05) is 26.8 Å². The zero-order valence-corrected chi connectivity index (χ0v) is 16.7. The van der Waals surface area contributed by atoms with Gasteiger partial charge in [0.1, 0.15) is 5.75 Å². The summed E-state index contributed by atoms with van der Waals surface area (Å²) < 4.78 is 25.3. The van der Waals surface area contributed by atoms with Crippen LogP contribution in [0.4, 0.5) is 4.39 Å². The number of hydrogen-bond acceptors (Lipinski definition) is 4. The fraction of sp³-hybridized carbons (Fsp3) is 0.429. The van der Waals surface area contributed by atoms with Crippen molar-refractivity contribution in [1.82, 2.24) is 15.6 Å². The molecule has 0 saturated carbocycles. The summed E-state index contributed by atoms with van der Waals surface area (Å²) >= 11 is 0. The van der Waals surface area contributed by atoms with Crippen LogP contribution in [0.25, 0.3) is 0 Å². The highest BCUT2D eigenvalue weighted by Crippen LogP contribution is 2.24. The van der Waals surface area contributed by atoms with E-state index in [0.717, 1.165) is 25.1 Å². The number of hydrogen-bond donors (Lipinski definition) is 2. The van der Waals surface area contributed by atoms with Gasteiger partial charge in [0.05, 0.1) is 6.20 Å². The van der Waals surface area contributed by atoms with Gasteiger partial charge in [0.15, 0.2) is 17.5 Å². The summed E-state index contributed by atoms with van der Waals surface area (Å²) in [6, 6.07) is 8.34. The van der Waals surface area contributed by atoms with Crippen molar-refractivity contribution < 1.29 is 13.9 Å². The molecule has 2 aromatic rings. The number of rotatable bonds is 10. The molecule has 1 aromatic heterocycles. The molecule has 0 aliphatic heterocycles. The lowest BCUT2D eigenvalue weighted by molar-refractivity contribution is 0.108. The normalized spacial score (nSPS) is 11.5. The molecule has 0 fully saturated rings. The molecule has 6 nitrogen and oxygen atoms in total. The first-order chi connectivity index (χ1) is 13.6. The number of nitrogens with zero attached hydrogens (tertiary/aromatic N) is 2. The van der Waals surface area contributed by atoms with E-state index in [4.69, 9.17) is 9.47 Å². The van der Waals surface area contributed by atoms with Crippen LogP contribution in [0.2, 0.25) is 0 Å². The Kier molecular flexibility index (Phi) is 9.21. The van der Waals surface area contributed by atoms with Crippen LogP contribution in [-0.4, -0.2) is 37.7 Å². The Bertz CT molecular complexity index is 738. The number of benzene rings is 1. The molecule has 0 amide bonds. The lowest BCUT2D eigenvalue weighted by Gasteiger charge is -2.13. The number of aliphatic imine (C=N–C) groups is 1. The summed E-state index contributed by atoms with van der Waals surface area (Å²) in [5.74, 6) is 1.45. The van der Waals surface area contributed by atoms with Gasteiger partial charge in [-0.1, -0.05) is 19.9 Å². The third-order valence-electron chi connectivity index (χ3n) is 3.75. The van der Waals surface area contributed by atoms with E-state index < -0.39 is 5.82 Å². The van der Waals surface area contributed by atoms with Crippen LogP contribution >= 0.6 is 0 Å². The number of pyridine rings is 1. The number of guanidine groups is 1. The minimum absolute atomic E-state index is 0.167. The maximum Gasteiger partial charge on any atom is 0.191 e. The largest absolute Gasteiger partial charge is 0.453 e. The molecule has 0 bridgehead atoms. The number of nitrogens with one attached hydrogen (secondary N) is 2. The molecular formula is C21H29FN4O2. The van der Waals surface area contributed by atoms with Crippen molar-refractivity contribution in [2.45, 2.75) is 26.8 Å². The molecule has 0 aliphatic rings. The Balaban J connectivity index is 1.75. The third-order valence-corrected chi connectivity index (χ3v) is 3.75. The topological polar surface area (TPSA) is 67.8 Å². The molecule has 28 heavy (non-hydrogen) atoms. The summed E-state index contributed by atoms with van der Waals surface area (Å²) in [5, 5.41) is 6.39. The highest BCUT2D eigenvalue weighted by Gasteiger charge is 2.07. The highest BCUT2D eigenvalue weighted by molar-refractivity contribution is 5.79. The van der Waals surface area contributed by atoms with Gasteiger partial charge in [-0.3, -0.25) is 9.98 Å². The van der Waals surface area contributed by atoms with Crippen molar-refractivity contribution in [2.24, 2.45) is 10.9 Å². The summed E-state index contributed by atoms with van der Waals surface area (Å²) in [7, 11) is 1.70. The van der Waals surface area contributed by atoms with Gasteiger partial charge in [-0.05, 0) is 42.2 Å². The van der Waals surface area contributed by atoms with Crippen LogP contribution < -0.4 is 15.4 Å². The van der Waals surface area contributed by atoms with Crippen molar-refractivity contribution in [3.63, 3.8) is 0 Å². The summed E-state index contributed by atoms with van der Waals surface area (Å²) in [6.45, 7) is 6.96. The van der Waals surface area contributed by atoms with Gasteiger partial charge in [-0.2, -0.15) is 0 Å². The second kappa shape index (κ2) is 11.9. The first-order valence-corrected chi connectivity index (χ1v) is 9.47. The molecule has 0 aliphatic carbocycles. The molecular weight excluding hydrogens is 359 g/mol. The molecule has 1 heterocycles.